The summed E-state index contributed by atoms with van der Waals surface area (Å²) in [5.41, 5.74) is 1.08. The minimum absolute atomic E-state index is 0.304. The van der Waals surface area contributed by atoms with E-state index in [0.717, 1.165) is 16.3 Å². The second-order valence-corrected chi connectivity index (χ2v) is 5.21. The average Bonchev–Trinajstić information content (AvgIpc) is 2.77. The molecule has 0 amide bonds. The summed E-state index contributed by atoms with van der Waals surface area (Å²) in [5, 5.41) is 13.7. The van der Waals surface area contributed by atoms with E-state index in [4.69, 9.17) is 0 Å². The highest BCUT2D eigenvalue weighted by molar-refractivity contribution is 7.98. The van der Waals surface area contributed by atoms with Gasteiger partial charge in [0.2, 0.25) is 0 Å². The van der Waals surface area contributed by atoms with E-state index in [9.17, 15) is 5.11 Å². The summed E-state index contributed by atoms with van der Waals surface area (Å²) in [6, 6.07) is 9.69. The standard InChI is InChI=1S/C13H16N2OS/c1-10(2)15-8-7-11(14-15)9-17-13-5-3-12(16)4-6-13/h3-8,10,16H,9H2,1-2H3. The van der Waals surface area contributed by atoms with Crippen LogP contribution in [-0.2, 0) is 5.75 Å². The third-order valence-corrected chi connectivity index (χ3v) is 3.46. The molecule has 0 aliphatic rings. The molecule has 4 heteroatoms. The monoisotopic (exact) mass is 248 g/mol. The van der Waals surface area contributed by atoms with Crippen LogP contribution in [0.15, 0.2) is 41.4 Å². The summed E-state index contributed by atoms with van der Waals surface area (Å²) in [6.07, 6.45) is 2.01. The molecule has 0 atom stereocenters. The Bertz CT molecular complexity index is 476. The van der Waals surface area contributed by atoms with Gasteiger partial charge in [-0.3, -0.25) is 4.68 Å². The highest BCUT2D eigenvalue weighted by Crippen LogP contribution is 2.24. The van der Waals surface area contributed by atoms with Gasteiger partial charge in [-0.05, 0) is 44.2 Å². The molecule has 17 heavy (non-hydrogen) atoms. The summed E-state index contributed by atoms with van der Waals surface area (Å²) in [4.78, 5) is 1.14. The maximum atomic E-state index is 9.18. The summed E-state index contributed by atoms with van der Waals surface area (Å²) >= 11 is 1.72. The van der Waals surface area contributed by atoms with E-state index in [-0.39, 0.29) is 0 Å². The maximum Gasteiger partial charge on any atom is 0.115 e. The third kappa shape index (κ3) is 3.27. The van der Waals surface area contributed by atoms with Crippen LogP contribution < -0.4 is 0 Å². The van der Waals surface area contributed by atoms with E-state index in [2.05, 4.69) is 18.9 Å². The van der Waals surface area contributed by atoms with E-state index in [1.54, 1.807) is 23.9 Å². The van der Waals surface area contributed by atoms with Crippen molar-refractivity contribution >= 4 is 11.8 Å². The van der Waals surface area contributed by atoms with Crippen molar-refractivity contribution < 1.29 is 5.11 Å². The lowest BCUT2D eigenvalue weighted by Gasteiger charge is -2.03. The van der Waals surface area contributed by atoms with Crippen LogP contribution in [0.25, 0.3) is 0 Å². The number of phenolic OH excluding ortho intramolecular Hbond substituents is 1. The van der Waals surface area contributed by atoms with Crippen molar-refractivity contribution in [3.63, 3.8) is 0 Å². The van der Waals surface area contributed by atoms with E-state index < -0.39 is 0 Å². The molecule has 1 aromatic heterocycles. The Balaban J connectivity index is 1.95. The van der Waals surface area contributed by atoms with Crippen LogP contribution in [0.1, 0.15) is 25.6 Å². The summed E-state index contributed by atoms with van der Waals surface area (Å²) < 4.78 is 1.96. The van der Waals surface area contributed by atoms with Crippen LogP contribution in [0.2, 0.25) is 0 Å². The van der Waals surface area contributed by atoms with Crippen LogP contribution >= 0.6 is 11.8 Å². The molecule has 2 rings (SSSR count). The van der Waals surface area contributed by atoms with Gasteiger partial charge in [-0.2, -0.15) is 5.10 Å². The Morgan fingerprint density at radius 2 is 1.94 bits per heavy atom. The lowest BCUT2D eigenvalue weighted by Crippen LogP contribution is -2.01. The Morgan fingerprint density at radius 3 is 2.53 bits per heavy atom. The van der Waals surface area contributed by atoms with Crippen LogP contribution in [0.3, 0.4) is 0 Å². The van der Waals surface area contributed by atoms with Gasteiger partial charge in [-0.15, -0.1) is 11.8 Å². The molecule has 0 bridgehead atoms. The number of nitrogens with zero attached hydrogens (tertiary/aromatic N) is 2. The van der Waals surface area contributed by atoms with Crippen LogP contribution in [0, 0.1) is 0 Å². The van der Waals surface area contributed by atoms with Crippen molar-refractivity contribution in [2.75, 3.05) is 0 Å². The molecule has 0 spiro atoms. The largest absolute Gasteiger partial charge is 0.508 e. The van der Waals surface area contributed by atoms with Crippen LogP contribution in [-0.4, -0.2) is 14.9 Å². The minimum Gasteiger partial charge on any atom is -0.508 e. The molecule has 1 heterocycles. The van der Waals surface area contributed by atoms with Crippen LogP contribution in [0.5, 0.6) is 5.75 Å². The number of aromatic hydroxyl groups is 1. The summed E-state index contributed by atoms with van der Waals surface area (Å²) in [5.74, 6) is 1.16. The Kier molecular flexibility index (Phi) is 3.74. The number of hydrogen-bond donors (Lipinski definition) is 1. The second kappa shape index (κ2) is 5.27. The predicted octanol–water partition coefficient (Wildman–Crippen LogP) is 3.46. The quantitative estimate of drug-likeness (QED) is 0.842. The van der Waals surface area contributed by atoms with E-state index >= 15 is 0 Å². The Labute approximate surface area is 105 Å². The first kappa shape index (κ1) is 12.0. The van der Waals surface area contributed by atoms with Crippen LogP contribution in [0.4, 0.5) is 0 Å². The lowest BCUT2D eigenvalue weighted by atomic mass is 10.3. The number of aromatic nitrogens is 2. The first-order chi connectivity index (χ1) is 8.15. The highest BCUT2D eigenvalue weighted by Gasteiger charge is 2.02. The van der Waals surface area contributed by atoms with Gasteiger partial charge in [0.25, 0.3) is 0 Å². The summed E-state index contributed by atoms with van der Waals surface area (Å²) in [6.45, 7) is 4.23. The molecule has 0 aliphatic carbocycles. The SMILES string of the molecule is CC(C)n1ccc(CSc2ccc(O)cc2)n1. The fraction of sp³-hybridized carbons (Fsp3) is 0.308. The lowest BCUT2D eigenvalue weighted by molar-refractivity contribution is 0.475. The number of benzene rings is 1. The minimum atomic E-state index is 0.304. The van der Waals surface area contributed by atoms with E-state index in [1.807, 2.05) is 29.1 Å². The van der Waals surface area contributed by atoms with Gasteiger partial charge in [0.1, 0.15) is 5.75 Å². The van der Waals surface area contributed by atoms with Crippen molar-refractivity contribution in [2.24, 2.45) is 0 Å². The van der Waals surface area contributed by atoms with Crippen molar-refractivity contribution in [1.29, 1.82) is 0 Å². The van der Waals surface area contributed by atoms with Crippen molar-refractivity contribution in [1.82, 2.24) is 9.78 Å². The highest BCUT2D eigenvalue weighted by atomic mass is 32.2. The molecule has 0 aliphatic heterocycles. The maximum absolute atomic E-state index is 9.18. The molecule has 90 valence electrons. The number of thioether (sulfide) groups is 1. The molecule has 1 N–H and O–H groups in total. The first-order valence-electron chi connectivity index (χ1n) is 5.61. The first-order valence-corrected chi connectivity index (χ1v) is 6.59. The van der Waals surface area contributed by atoms with Gasteiger partial charge >= 0.3 is 0 Å². The summed E-state index contributed by atoms with van der Waals surface area (Å²) in [7, 11) is 0. The fourth-order valence-electron chi connectivity index (χ4n) is 1.44. The Morgan fingerprint density at radius 1 is 1.24 bits per heavy atom. The molecule has 0 fully saturated rings. The predicted molar refractivity (Wildman–Crippen MR) is 70.3 cm³/mol. The Hall–Kier alpha value is -1.42. The fourth-order valence-corrected chi connectivity index (χ4v) is 2.24. The van der Waals surface area contributed by atoms with Gasteiger partial charge in [0.15, 0.2) is 0 Å². The molecule has 0 saturated carbocycles. The molecule has 0 unspecified atom stereocenters. The number of hydrogen-bond acceptors (Lipinski definition) is 3. The topological polar surface area (TPSA) is 38.0 Å². The van der Waals surface area contributed by atoms with Gasteiger partial charge in [-0.1, -0.05) is 0 Å². The molecular formula is C13H16N2OS. The second-order valence-electron chi connectivity index (χ2n) is 4.16. The van der Waals surface area contributed by atoms with E-state index in [0.29, 0.717) is 11.8 Å². The molecule has 2 aromatic rings. The molecular weight excluding hydrogens is 232 g/mol. The third-order valence-electron chi connectivity index (χ3n) is 2.42. The van der Waals surface area contributed by atoms with Crippen molar-refractivity contribution in [2.45, 2.75) is 30.5 Å². The molecule has 0 saturated heterocycles. The van der Waals surface area contributed by atoms with Crippen molar-refractivity contribution in [3.8, 4) is 5.75 Å². The average molecular weight is 248 g/mol. The molecule has 3 nitrogen and oxygen atoms in total. The number of phenols is 1. The normalized spacial score (nSPS) is 11.0. The van der Waals surface area contributed by atoms with Gasteiger partial charge in [0, 0.05) is 22.9 Å². The smallest absolute Gasteiger partial charge is 0.115 e. The molecule has 0 radical (unpaired) electrons. The van der Waals surface area contributed by atoms with Crippen molar-refractivity contribution in [3.05, 3.63) is 42.2 Å². The van der Waals surface area contributed by atoms with Gasteiger partial charge < -0.3 is 5.11 Å². The zero-order chi connectivity index (χ0) is 12.3. The van der Waals surface area contributed by atoms with E-state index in [1.165, 1.54) is 0 Å². The molecule has 1 aromatic carbocycles. The number of rotatable bonds is 4. The zero-order valence-electron chi connectivity index (χ0n) is 10.00. The van der Waals surface area contributed by atoms with Gasteiger partial charge in [-0.25, -0.2) is 0 Å². The van der Waals surface area contributed by atoms with Gasteiger partial charge in [0.05, 0.1) is 5.69 Å². The zero-order valence-corrected chi connectivity index (χ0v) is 10.8.